The zero-order chi connectivity index (χ0) is 22.9. The minimum Gasteiger partial charge on any atom is -0.361 e. The number of para-hydroxylation sites is 1. The molecule has 1 atom stereocenters. The molecular formula is C25H34N6O. The Bertz CT molecular complexity index is 1050. The Morgan fingerprint density at radius 1 is 1.16 bits per heavy atom. The standard InChI is InChI=1S/C25H34N6O/c1-5-7-10-19(6-2)23(32)30-24(31-25-28-17(3)15-18(4)29-25)26-14-13-20-16-27-22-12-9-8-11-21(20)22/h8-9,11-12,15-16,19,27H,5-7,10,13-14H2,1-4H3,(H2,26,28,29,30,31,32)/t19-/m0/s1. The molecule has 0 spiro atoms. The lowest BCUT2D eigenvalue weighted by Crippen LogP contribution is -2.40. The van der Waals surface area contributed by atoms with Crippen molar-refractivity contribution in [2.45, 2.75) is 59.8 Å². The molecule has 32 heavy (non-hydrogen) atoms. The maximum absolute atomic E-state index is 12.9. The van der Waals surface area contributed by atoms with Crippen LogP contribution in [0.2, 0.25) is 0 Å². The molecule has 0 radical (unpaired) electrons. The van der Waals surface area contributed by atoms with Crippen LogP contribution >= 0.6 is 0 Å². The summed E-state index contributed by atoms with van der Waals surface area (Å²) in [6.07, 6.45) is 6.56. The Morgan fingerprint density at radius 3 is 2.62 bits per heavy atom. The van der Waals surface area contributed by atoms with Gasteiger partial charge in [-0.15, -0.1) is 0 Å². The second-order valence-electron chi connectivity index (χ2n) is 8.18. The first-order valence-electron chi connectivity index (χ1n) is 11.5. The van der Waals surface area contributed by atoms with Crippen LogP contribution in [-0.2, 0) is 11.2 Å². The second kappa shape index (κ2) is 11.4. The molecule has 7 heteroatoms. The highest BCUT2D eigenvalue weighted by Gasteiger charge is 2.18. The Morgan fingerprint density at radius 2 is 1.91 bits per heavy atom. The Balaban J connectivity index is 1.76. The summed E-state index contributed by atoms with van der Waals surface area (Å²) >= 11 is 0. The van der Waals surface area contributed by atoms with Crippen molar-refractivity contribution in [2.75, 3.05) is 11.9 Å². The van der Waals surface area contributed by atoms with Crippen LogP contribution < -0.4 is 10.6 Å². The van der Waals surface area contributed by atoms with E-state index in [4.69, 9.17) is 0 Å². The van der Waals surface area contributed by atoms with Crippen LogP contribution in [0.5, 0.6) is 0 Å². The Hall–Kier alpha value is -3.22. The van der Waals surface area contributed by atoms with Crippen LogP contribution in [0, 0.1) is 19.8 Å². The van der Waals surface area contributed by atoms with Crippen LogP contribution in [0.3, 0.4) is 0 Å². The van der Waals surface area contributed by atoms with Gasteiger partial charge in [0.2, 0.25) is 17.8 Å². The first-order chi connectivity index (χ1) is 15.5. The minimum atomic E-state index is -0.0317. The highest BCUT2D eigenvalue weighted by Crippen LogP contribution is 2.18. The third-order valence-electron chi connectivity index (χ3n) is 5.55. The number of aliphatic imine (C=N–C) groups is 1. The number of aromatic nitrogens is 3. The number of nitrogens with one attached hydrogen (secondary N) is 3. The number of carbonyl (C=O) groups excluding carboxylic acids is 1. The number of aromatic amines is 1. The Labute approximate surface area is 190 Å². The van der Waals surface area contributed by atoms with Crippen LogP contribution in [0.1, 0.15) is 56.5 Å². The zero-order valence-corrected chi connectivity index (χ0v) is 19.5. The maximum atomic E-state index is 12.9. The summed E-state index contributed by atoms with van der Waals surface area (Å²) in [6.45, 7) is 8.56. The minimum absolute atomic E-state index is 0.0105. The van der Waals surface area contributed by atoms with E-state index in [0.717, 1.165) is 49.0 Å². The summed E-state index contributed by atoms with van der Waals surface area (Å²) in [6, 6.07) is 10.1. The highest BCUT2D eigenvalue weighted by molar-refractivity contribution is 6.04. The summed E-state index contributed by atoms with van der Waals surface area (Å²) in [7, 11) is 0. The summed E-state index contributed by atoms with van der Waals surface area (Å²) in [5.41, 5.74) is 4.04. The smallest absolute Gasteiger partial charge is 0.229 e. The predicted octanol–water partition coefficient (Wildman–Crippen LogP) is 4.92. The van der Waals surface area contributed by atoms with Gasteiger partial charge in [-0.3, -0.25) is 20.4 Å². The number of unbranched alkanes of at least 4 members (excludes halogenated alkanes) is 1. The van der Waals surface area contributed by atoms with Crippen molar-refractivity contribution in [3.8, 4) is 0 Å². The van der Waals surface area contributed by atoms with Crippen molar-refractivity contribution in [3.05, 3.63) is 53.5 Å². The third kappa shape index (κ3) is 6.39. The summed E-state index contributed by atoms with van der Waals surface area (Å²) in [5, 5.41) is 7.32. The van der Waals surface area contributed by atoms with Gasteiger partial charge in [0.1, 0.15) is 0 Å². The lowest BCUT2D eigenvalue weighted by molar-refractivity contribution is -0.123. The number of benzene rings is 1. The first-order valence-corrected chi connectivity index (χ1v) is 11.5. The van der Waals surface area contributed by atoms with Gasteiger partial charge in [0.15, 0.2) is 0 Å². The molecule has 0 aliphatic carbocycles. The lowest BCUT2D eigenvalue weighted by Gasteiger charge is -2.16. The van der Waals surface area contributed by atoms with Crippen molar-refractivity contribution in [1.82, 2.24) is 20.3 Å². The van der Waals surface area contributed by atoms with Gasteiger partial charge >= 0.3 is 0 Å². The molecule has 0 fully saturated rings. The van der Waals surface area contributed by atoms with Gasteiger partial charge in [0.05, 0.1) is 0 Å². The molecule has 170 valence electrons. The van der Waals surface area contributed by atoms with Crippen LogP contribution in [0.25, 0.3) is 10.9 Å². The van der Waals surface area contributed by atoms with Crippen molar-refractivity contribution in [3.63, 3.8) is 0 Å². The molecular weight excluding hydrogens is 400 g/mol. The van der Waals surface area contributed by atoms with Crippen molar-refractivity contribution >= 4 is 28.7 Å². The molecule has 3 N–H and O–H groups in total. The second-order valence-corrected chi connectivity index (χ2v) is 8.18. The van der Waals surface area contributed by atoms with Crippen LogP contribution in [0.4, 0.5) is 5.95 Å². The van der Waals surface area contributed by atoms with Gasteiger partial charge in [-0.1, -0.05) is 44.9 Å². The molecule has 0 saturated heterocycles. The number of H-pyrrole nitrogens is 1. The number of carbonyl (C=O) groups is 1. The number of hydrogen-bond donors (Lipinski definition) is 3. The summed E-state index contributed by atoms with van der Waals surface area (Å²) < 4.78 is 0. The number of anilines is 1. The normalized spacial score (nSPS) is 12.7. The number of rotatable bonds is 9. The predicted molar refractivity (Wildman–Crippen MR) is 131 cm³/mol. The molecule has 2 heterocycles. The fourth-order valence-electron chi connectivity index (χ4n) is 3.81. The van der Waals surface area contributed by atoms with E-state index in [1.54, 1.807) is 0 Å². The number of guanidine groups is 1. The molecule has 0 aliphatic heterocycles. The van der Waals surface area contributed by atoms with Gasteiger partial charge in [0.25, 0.3) is 0 Å². The molecule has 1 aromatic carbocycles. The number of hydrogen-bond acceptors (Lipinski definition) is 4. The Kier molecular flexibility index (Phi) is 8.36. The van der Waals surface area contributed by atoms with E-state index in [-0.39, 0.29) is 11.8 Å². The number of fused-ring (bicyclic) bond motifs is 1. The molecule has 0 aliphatic rings. The van der Waals surface area contributed by atoms with Gasteiger partial charge in [-0.05, 0) is 50.8 Å². The SMILES string of the molecule is CCCC[C@H](CC)C(=O)NC(=NCCc1c[nH]c2ccccc12)Nc1nc(C)cc(C)n1. The number of aryl methyl sites for hydroxylation is 2. The summed E-state index contributed by atoms with van der Waals surface area (Å²) in [4.78, 5) is 29.7. The van der Waals surface area contributed by atoms with Crippen LogP contribution in [0.15, 0.2) is 41.5 Å². The fourth-order valence-corrected chi connectivity index (χ4v) is 3.81. The first kappa shape index (κ1) is 23.4. The molecule has 3 rings (SSSR count). The van der Waals surface area contributed by atoms with E-state index >= 15 is 0 Å². The lowest BCUT2D eigenvalue weighted by atomic mass is 9.98. The maximum Gasteiger partial charge on any atom is 0.229 e. The van der Waals surface area contributed by atoms with Gasteiger partial charge < -0.3 is 4.98 Å². The van der Waals surface area contributed by atoms with Crippen LogP contribution in [-0.4, -0.2) is 33.4 Å². The molecule has 3 aromatic rings. The van der Waals surface area contributed by atoms with E-state index < -0.39 is 0 Å². The van der Waals surface area contributed by atoms with Gasteiger partial charge in [-0.2, -0.15) is 0 Å². The van der Waals surface area contributed by atoms with E-state index in [1.807, 2.05) is 45.2 Å². The van der Waals surface area contributed by atoms with Crippen molar-refractivity contribution in [2.24, 2.45) is 10.9 Å². The van der Waals surface area contributed by atoms with E-state index in [9.17, 15) is 4.79 Å². The van der Waals surface area contributed by atoms with Crippen molar-refractivity contribution in [1.29, 1.82) is 0 Å². The number of nitrogens with zero attached hydrogens (tertiary/aromatic N) is 3. The molecule has 0 bridgehead atoms. The average Bonchev–Trinajstić information content (AvgIpc) is 3.16. The topological polar surface area (TPSA) is 95.1 Å². The van der Waals surface area contributed by atoms with E-state index in [2.05, 4.69) is 49.6 Å². The average molecular weight is 435 g/mol. The van der Waals surface area contributed by atoms with Gasteiger partial charge in [0, 0.05) is 41.0 Å². The summed E-state index contributed by atoms with van der Waals surface area (Å²) in [5.74, 6) is 0.796. The van der Waals surface area contributed by atoms with E-state index in [1.165, 1.54) is 10.9 Å². The zero-order valence-electron chi connectivity index (χ0n) is 19.5. The monoisotopic (exact) mass is 434 g/mol. The third-order valence-corrected chi connectivity index (χ3v) is 5.55. The molecule has 2 aromatic heterocycles. The molecule has 0 unspecified atom stereocenters. The molecule has 7 nitrogen and oxygen atoms in total. The molecule has 1 amide bonds. The molecule has 0 saturated carbocycles. The largest absolute Gasteiger partial charge is 0.361 e. The van der Waals surface area contributed by atoms with Gasteiger partial charge in [-0.25, -0.2) is 9.97 Å². The fraction of sp³-hybridized carbons (Fsp3) is 0.440. The number of amides is 1. The quantitative estimate of drug-likeness (QED) is 0.329. The van der Waals surface area contributed by atoms with E-state index in [0.29, 0.717) is 18.5 Å². The van der Waals surface area contributed by atoms with Crippen molar-refractivity contribution < 1.29 is 4.79 Å². The highest BCUT2D eigenvalue weighted by atomic mass is 16.2.